The second-order valence-corrected chi connectivity index (χ2v) is 1.47. The molecule has 0 saturated carbocycles. The first-order valence-corrected chi connectivity index (χ1v) is 2.25. The largest absolute Gasteiger partial charge is 0.244 e. The minimum atomic E-state index is 0.513. The van der Waals surface area contributed by atoms with Crippen molar-refractivity contribution in [2.45, 2.75) is 0 Å². The van der Waals surface area contributed by atoms with Gasteiger partial charge in [0.2, 0.25) is 0 Å². The Morgan fingerprint density at radius 1 is 1.71 bits per heavy atom. The number of hydrogen-bond donors (Lipinski definition) is 0. The second kappa shape index (κ2) is 1.94. The summed E-state index contributed by atoms with van der Waals surface area (Å²) in [6.45, 7) is 0. The first-order chi connectivity index (χ1) is 3.39. The summed E-state index contributed by atoms with van der Waals surface area (Å²) >= 11 is 5.41. The van der Waals surface area contributed by atoms with E-state index in [1.807, 2.05) is 0 Å². The van der Waals surface area contributed by atoms with Gasteiger partial charge in [-0.1, -0.05) is 11.6 Å². The molecule has 1 aromatic heterocycles. The van der Waals surface area contributed by atoms with E-state index in [2.05, 4.69) is 11.1 Å². The van der Waals surface area contributed by atoms with Gasteiger partial charge in [0.15, 0.2) is 0 Å². The average Bonchev–Trinajstić information content (AvgIpc) is 1.69. The summed E-state index contributed by atoms with van der Waals surface area (Å²) in [5, 5.41) is 0.513. The highest BCUT2D eigenvalue weighted by atomic mass is 35.5. The van der Waals surface area contributed by atoms with Gasteiger partial charge in [-0.15, -0.1) is 0 Å². The molecule has 0 aliphatic heterocycles. The summed E-state index contributed by atoms with van der Waals surface area (Å²) in [5.74, 6) is 0. The van der Waals surface area contributed by atoms with Gasteiger partial charge < -0.3 is 0 Å². The Kier molecular flexibility index (Phi) is 1.27. The minimum absolute atomic E-state index is 0.513. The van der Waals surface area contributed by atoms with Crippen molar-refractivity contribution in [2.24, 2.45) is 0 Å². The van der Waals surface area contributed by atoms with Crippen molar-refractivity contribution in [1.29, 1.82) is 0 Å². The lowest BCUT2D eigenvalue weighted by Gasteiger charge is -1.78. The molecule has 1 heterocycles. The Balaban J connectivity index is 3.02. The second-order valence-electron chi connectivity index (χ2n) is 1.08. The fourth-order valence-electron chi connectivity index (χ4n) is 0.302. The normalized spacial score (nSPS) is 8.71. The SMILES string of the molecule is Clc1cc[c]cn1. The Labute approximate surface area is 47.0 Å². The van der Waals surface area contributed by atoms with Crippen LogP contribution >= 0.6 is 11.6 Å². The highest BCUT2D eigenvalue weighted by molar-refractivity contribution is 6.29. The zero-order chi connectivity index (χ0) is 5.11. The maximum absolute atomic E-state index is 5.41. The molecule has 0 unspecified atom stereocenters. The molecule has 0 bridgehead atoms. The van der Waals surface area contributed by atoms with Gasteiger partial charge in [0.1, 0.15) is 5.15 Å². The Morgan fingerprint density at radius 2 is 2.57 bits per heavy atom. The van der Waals surface area contributed by atoms with Gasteiger partial charge in [0.25, 0.3) is 0 Å². The quantitative estimate of drug-likeness (QED) is 0.464. The van der Waals surface area contributed by atoms with Crippen molar-refractivity contribution in [1.82, 2.24) is 4.98 Å². The van der Waals surface area contributed by atoms with Crippen LogP contribution in [0.1, 0.15) is 0 Å². The minimum Gasteiger partial charge on any atom is -0.244 e. The first kappa shape index (κ1) is 4.60. The van der Waals surface area contributed by atoms with Crippen LogP contribution in [0.25, 0.3) is 0 Å². The maximum Gasteiger partial charge on any atom is 0.129 e. The molecule has 0 N–H and O–H groups in total. The predicted molar refractivity (Wildman–Crippen MR) is 28.1 cm³/mol. The van der Waals surface area contributed by atoms with Crippen LogP contribution < -0.4 is 0 Å². The van der Waals surface area contributed by atoms with Gasteiger partial charge in [0.05, 0.1) is 0 Å². The summed E-state index contributed by atoms with van der Waals surface area (Å²) in [5.41, 5.74) is 0. The fourth-order valence-corrected chi connectivity index (χ4v) is 0.414. The molecule has 0 amide bonds. The van der Waals surface area contributed by atoms with E-state index in [0.717, 1.165) is 0 Å². The molecule has 0 aliphatic carbocycles. The fraction of sp³-hybridized carbons (Fsp3) is 0. The molecule has 1 radical (unpaired) electrons. The first-order valence-electron chi connectivity index (χ1n) is 1.87. The molecular formula is C5H3ClN. The van der Waals surface area contributed by atoms with Gasteiger partial charge in [-0.2, -0.15) is 0 Å². The van der Waals surface area contributed by atoms with Gasteiger partial charge in [-0.05, 0) is 12.1 Å². The molecule has 0 aromatic carbocycles. The highest BCUT2D eigenvalue weighted by Gasteiger charge is 1.77. The van der Waals surface area contributed by atoms with Gasteiger partial charge in [-0.3, -0.25) is 0 Å². The number of rotatable bonds is 0. The summed E-state index contributed by atoms with van der Waals surface area (Å²) in [4.78, 5) is 3.69. The van der Waals surface area contributed by atoms with Crippen LogP contribution in [0, 0.1) is 6.07 Å². The zero-order valence-corrected chi connectivity index (χ0v) is 4.31. The Hall–Kier alpha value is -0.560. The standard InChI is InChI=1S/C5H3ClN/c6-5-3-1-2-4-7-5/h1,3-4H. The average molecular weight is 113 g/mol. The summed E-state index contributed by atoms with van der Waals surface area (Å²) < 4.78 is 0. The van der Waals surface area contributed by atoms with Crippen LogP contribution in [0.4, 0.5) is 0 Å². The summed E-state index contributed by atoms with van der Waals surface area (Å²) in [6, 6.07) is 6.14. The molecule has 35 valence electrons. The molecule has 1 nitrogen and oxygen atoms in total. The molecule has 1 aromatic rings. The van der Waals surface area contributed by atoms with Crippen LogP contribution in [0.2, 0.25) is 5.15 Å². The van der Waals surface area contributed by atoms with E-state index >= 15 is 0 Å². The molecule has 0 atom stereocenters. The smallest absolute Gasteiger partial charge is 0.129 e. The Morgan fingerprint density at radius 3 is 2.86 bits per heavy atom. The number of pyridine rings is 1. The molecular weight excluding hydrogens is 110 g/mol. The van der Waals surface area contributed by atoms with Gasteiger partial charge >= 0.3 is 0 Å². The Bertz CT molecular complexity index is 138. The van der Waals surface area contributed by atoms with Crippen molar-refractivity contribution >= 4 is 11.6 Å². The highest BCUT2D eigenvalue weighted by Crippen LogP contribution is 1.97. The molecule has 0 fully saturated rings. The van der Waals surface area contributed by atoms with Gasteiger partial charge in [-0.25, -0.2) is 4.98 Å². The number of hydrogen-bond acceptors (Lipinski definition) is 1. The van der Waals surface area contributed by atoms with E-state index in [9.17, 15) is 0 Å². The molecule has 1 rings (SSSR count). The molecule has 0 aliphatic rings. The van der Waals surface area contributed by atoms with E-state index in [1.54, 1.807) is 12.1 Å². The molecule has 7 heavy (non-hydrogen) atoms. The third-order valence-corrected chi connectivity index (χ3v) is 0.803. The lowest BCUT2D eigenvalue weighted by atomic mass is 10.5. The molecule has 2 heteroatoms. The van der Waals surface area contributed by atoms with E-state index < -0.39 is 0 Å². The molecule has 0 spiro atoms. The van der Waals surface area contributed by atoms with Crippen LogP contribution in [-0.4, -0.2) is 4.98 Å². The summed E-state index contributed by atoms with van der Waals surface area (Å²) in [6.07, 6.45) is 1.53. The summed E-state index contributed by atoms with van der Waals surface area (Å²) in [7, 11) is 0. The number of nitrogens with zero attached hydrogens (tertiary/aromatic N) is 1. The van der Waals surface area contributed by atoms with E-state index in [1.165, 1.54) is 6.20 Å². The van der Waals surface area contributed by atoms with Crippen LogP contribution in [0.15, 0.2) is 18.3 Å². The lowest BCUT2D eigenvalue weighted by molar-refractivity contribution is 1.32. The van der Waals surface area contributed by atoms with Crippen LogP contribution in [0.5, 0.6) is 0 Å². The van der Waals surface area contributed by atoms with E-state index in [-0.39, 0.29) is 0 Å². The zero-order valence-electron chi connectivity index (χ0n) is 3.56. The third-order valence-electron chi connectivity index (χ3n) is 0.580. The third kappa shape index (κ3) is 1.16. The van der Waals surface area contributed by atoms with Crippen molar-refractivity contribution in [3.8, 4) is 0 Å². The van der Waals surface area contributed by atoms with Crippen molar-refractivity contribution in [3.63, 3.8) is 0 Å². The predicted octanol–water partition coefficient (Wildman–Crippen LogP) is 1.54. The van der Waals surface area contributed by atoms with E-state index in [4.69, 9.17) is 11.6 Å². The maximum atomic E-state index is 5.41. The van der Waals surface area contributed by atoms with Crippen molar-refractivity contribution in [3.05, 3.63) is 29.5 Å². The number of halogens is 1. The van der Waals surface area contributed by atoms with Crippen molar-refractivity contribution < 1.29 is 0 Å². The topological polar surface area (TPSA) is 12.9 Å². The lowest BCUT2D eigenvalue weighted by Crippen LogP contribution is -1.66. The monoisotopic (exact) mass is 112 g/mol. The van der Waals surface area contributed by atoms with Crippen LogP contribution in [-0.2, 0) is 0 Å². The van der Waals surface area contributed by atoms with Crippen LogP contribution in [0.3, 0.4) is 0 Å². The molecule has 0 saturated heterocycles. The van der Waals surface area contributed by atoms with E-state index in [0.29, 0.717) is 5.15 Å². The number of aromatic nitrogens is 1. The van der Waals surface area contributed by atoms with Gasteiger partial charge in [0, 0.05) is 12.3 Å². The van der Waals surface area contributed by atoms with Crippen molar-refractivity contribution in [2.75, 3.05) is 0 Å².